The Labute approximate surface area is 150 Å². The molecule has 0 saturated carbocycles. The van der Waals surface area contributed by atoms with E-state index in [1.54, 1.807) is 12.3 Å². The van der Waals surface area contributed by atoms with E-state index in [1.807, 2.05) is 0 Å². The van der Waals surface area contributed by atoms with Gasteiger partial charge in [-0.1, -0.05) is 0 Å². The van der Waals surface area contributed by atoms with Crippen LogP contribution in [0.3, 0.4) is 0 Å². The lowest BCUT2D eigenvalue weighted by Gasteiger charge is -2.04. The summed E-state index contributed by atoms with van der Waals surface area (Å²) in [4.78, 5) is 31.2. The van der Waals surface area contributed by atoms with Crippen molar-refractivity contribution in [2.75, 3.05) is 7.11 Å². The summed E-state index contributed by atoms with van der Waals surface area (Å²) in [5, 5.41) is 2.41. The third kappa shape index (κ3) is 2.82. The molecule has 4 heterocycles. The number of imide groups is 1. The van der Waals surface area contributed by atoms with Crippen molar-refractivity contribution in [1.82, 2.24) is 15.3 Å². The number of methoxy groups -OCH3 is 1. The molecule has 130 valence electrons. The van der Waals surface area contributed by atoms with Crippen molar-refractivity contribution in [2.24, 2.45) is 0 Å². The van der Waals surface area contributed by atoms with Gasteiger partial charge in [0.2, 0.25) is 5.88 Å². The van der Waals surface area contributed by atoms with Crippen molar-refractivity contribution in [3.8, 4) is 17.0 Å². The largest absolute Gasteiger partial charge is 0.479 e. The number of fused-ring (bicyclic) bond motifs is 1. The van der Waals surface area contributed by atoms with Gasteiger partial charge >= 0.3 is 0 Å². The predicted molar refractivity (Wildman–Crippen MR) is 92.9 cm³/mol. The lowest BCUT2D eigenvalue weighted by Crippen LogP contribution is -2.17. The quantitative estimate of drug-likeness (QED) is 0.706. The van der Waals surface area contributed by atoms with Crippen molar-refractivity contribution in [2.45, 2.75) is 0 Å². The summed E-state index contributed by atoms with van der Waals surface area (Å²) >= 11 is 0.797. The maximum Gasteiger partial charge on any atom is 0.290 e. The molecule has 26 heavy (non-hydrogen) atoms. The van der Waals surface area contributed by atoms with Gasteiger partial charge in [-0.25, -0.2) is 9.37 Å². The van der Waals surface area contributed by atoms with Crippen molar-refractivity contribution < 1.29 is 23.1 Å². The predicted octanol–water partition coefficient (Wildman–Crippen LogP) is 3.36. The second-order valence-corrected chi connectivity index (χ2v) is 6.34. The van der Waals surface area contributed by atoms with Crippen LogP contribution < -0.4 is 10.1 Å². The molecule has 0 atom stereocenters. The number of aromatic nitrogens is 2. The summed E-state index contributed by atoms with van der Waals surface area (Å²) < 4.78 is 24.6. The summed E-state index contributed by atoms with van der Waals surface area (Å²) in [6.07, 6.45) is 6.05. The Balaban J connectivity index is 1.79. The summed E-state index contributed by atoms with van der Waals surface area (Å²) in [6, 6.07) is 2.96. The minimum Gasteiger partial charge on any atom is -0.479 e. The number of hydrogen-bond donors (Lipinski definition) is 1. The third-order valence-corrected chi connectivity index (χ3v) is 4.48. The minimum atomic E-state index is -0.603. The van der Waals surface area contributed by atoms with E-state index < -0.39 is 17.0 Å². The van der Waals surface area contributed by atoms with Crippen LogP contribution in [0.5, 0.6) is 5.88 Å². The fraction of sp³-hybridized carbons (Fsp3) is 0.0588. The molecule has 1 saturated heterocycles. The zero-order valence-corrected chi connectivity index (χ0v) is 14.1. The highest BCUT2D eigenvalue weighted by molar-refractivity contribution is 8.18. The zero-order valence-electron chi connectivity index (χ0n) is 13.3. The van der Waals surface area contributed by atoms with Gasteiger partial charge in [-0.15, -0.1) is 0 Å². The number of furan rings is 1. The topological polar surface area (TPSA) is 94.3 Å². The van der Waals surface area contributed by atoms with Gasteiger partial charge in [0, 0.05) is 41.2 Å². The Morgan fingerprint density at radius 2 is 2.12 bits per heavy atom. The Kier molecular flexibility index (Phi) is 3.92. The first-order valence-corrected chi connectivity index (χ1v) is 8.19. The van der Waals surface area contributed by atoms with Crippen LogP contribution >= 0.6 is 11.8 Å². The number of rotatable bonds is 3. The van der Waals surface area contributed by atoms with Crippen LogP contribution in [0.1, 0.15) is 5.76 Å². The molecule has 1 aliphatic rings. The highest BCUT2D eigenvalue weighted by Crippen LogP contribution is 2.33. The van der Waals surface area contributed by atoms with Crippen molar-refractivity contribution in [3.05, 3.63) is 47.2 Å². The lowest BCUT2D eigenvalue weighted by atomic mass is 10.1. The number of thioether (sulfide) groups is 1. The molecule has 0 unspecified atom stereocenters. The van der Waals surface area contributed by atoms with Gasteiger partial charge in [0.15, 0.2) is 5.82 Å². The zero-order chi connectivity index (χ0) is 18.3. The molecular weight excluding hydrogens is 361 g/mol. The molecule has 9 heteroatoms. The monoisotopic (exact) mass is 371 g/mol. The first kappa shape index (κ1) is 16.3. The molecule has 1 fully saturated rings. The van der Waals surface area contributed by atoms with E-state index >= 15 is 0 Å². The molecule has 3 aromatic heterocycles. The van der Waals surface area contributed by atoms with Gasteiger partial charge in [-0.05, 0) is 23.9 Å². The first-order valence-electron chi connectivity index (χ1n) is 7.37. The number of amides is 2. The lowest BCUT2D eigenvalue weighted by molar-refractivity contribution is -0.115. The van der Waals surface area contributed by atoms with E-state index in [0.29, 0.717) is 27.9 Å². The van der Waals surface area contributed by atoms with Crippen LogP contribution in [-0.2, 0) is 4.79 Å². The van der Waals surface area contributed by atoms with E-state index in [2.05, 4.69) is 15.3 Å². The average Bonchev–Trinajstić information content (AvgIpc) is 3.16. The smallest absolute Gasteiger partial charge is 0.290 e. The number of ether oxygens (including phenoxy) is 1. The number of nitrogens with zero attached hydrogens (tertiary/aromatic N) is 2. The van der Waals surface area contributed by atoms with E-state index in [4.69, 9.17) is 9.15 Å². The standard InChI is InChI=1S/C17H10FN3O4S/c1-24-16-12(18)3-8(6-20-16)11-7-19-5-9-2-10(25-14(9)11)4-13-15(22)21-17(23)26-13/h2-7H,1H3,(H,21,22,23)/b13-4+. The van der Waals surface area contributed by atoms with Crippen molar-refractivity contribution in [3.63, 3.8) is 0 Å². The van der Waals surface area contributed by atoms with Crippen LogP contribution in [0.15, 0.2) is 40.0 Å². The molecule has 0 radical (unpaired) electrons. The second-order valence-electron chi connectivity index (χ2n) is 5.32. The van der Waals surface area contributed by atoms with E-state index in [0.717, 1.165) is 11.8 Å². The van der Waals surface area contributed by atoms with Crippen LogP contribution in [0, 0.1) is 5.82 Å². The molecule has 0 bridgehead atoms. The summed E-state index contributed by atoms with van der Waals surface area (Å²) in [7, 11) is 1.33. The number of carbonyl (C=O) groups excluding carboxylic acids is 2. The summed E-state index contributed by atoms with van der Waals surface area (Å²) in [5.41, 5.74) is 1.48. The van der Waals surface area contributed by atoms with Gasteiger partial charge < -0.3 is 9.15 Å². The molecule has 4 rings (SSSR count). The maximum atomic E-state index is 14.0. The molecule has 7 nitrogen and oxygen atoms in total. The number of halogens is 1. The van der Waals surface area contributed by atoms with Gasteiger partial charge in [0.05, 0.1) is 12.0 Å². The SMILES string of the molecule is COc1ncc(-c2cncc3cc(/C=C4/SC(=O)NC4=O)oc23)cc1F. The fourth-order valence-corrected chi connectivity index (χ4v) is 3.19. The fourth-order valence-electron chi connectivity index (χ4n) is 2.53. The number of nitrogens with one attached hydrogen (secondary N) is 1. The van der Waals surface area contributed by atoms with Crippen LogP contribution in [-0.4, -0.2) is 28.2 Å². The normalized spacial score (nSPS) is 15.7. The van der Waals surface area contributed by atoms with Gasteiger partial charge in [-0.3, -0.25) is 19.9 Å². The highest BCUT2D eigenvalue weighted by atomic mass is 32.2. The molecule has 0 aliphatic carbocycles. The first-order chi connectivity index (χ1) is 12.5. The Morgan fingerprint density at radius 3 is 2.81 bits per heavy atom. The molecule has 3 aromatic rings. The molecule has 0 spiro atoms. The van der Waals surface area contributed by atoms with Crippen LogP contribution in [0.25, 0.3) is 28.2 Å². The van der Waals surface area contributed by atoms with Crippen LogP contribution in [0.2, 0.25) is 0 Å². The molecule has 1 N–H and O–H groups in total. The Morgan fingerprint density at radius 1 is 1.27 bits per heavy atom. The van der Waals surface area contributed by atoms with E-state index in [9.17, 15) is 14.0 Å². The van der Waals surface area contributed by atoms with Crippen molar-refractivity contribution >= 4 is 40.0 Å². The minimum absolute atomic E-state index is 0.104. The maximum absolute atomic E-state index is 14.0. The van der Waals surface area contributed by atoms with Gasteiger partial charge in [-0.2, -0.15) is 0 Å². The second kappa shape index (κ2) is 6.26. The van der Waals surface area contributed by atoms with Gasteiger partial charge in [0.1, 0.15) is 11.3 Å². The number of hydrogen-bond acceptors (Lipinski definition) is 7. The molecular formula is C17H10FN3O4S. The highest BCUT2D eigenvalue weighted by Gasteiger charge is 2.25. The summed E-state index contributed by atoms with van der Waals surface area (Å²) in [6.45, 7) is 0. The molecule has 0 aromatic carbocycles. The third-order valence-electron chi connectivity index (χ3n) is 3.67. The Hall–Kier alpha value is -3.20. The molecule has 2 amide bonds. The number of carbonyl (C=O) groups is 2. The van der Waals surface area contributed by atoms with Crippen LogP contribution in [0.4, 0.5) is 9.18 Å². The Bertz CT molecular complexity index is 1090. The average molecular weight is 371 g/mol. The van der Waals surface area contributed by atoms with E-state index in [1.165, 1.54) is 31.6 Å². The summed E-state index contributed by atoms with van der Waals surface area (Å²) in [5.74, 6) is -0.801. The van der Waals surface area contributed by atoms with E-state index in [-0.39, 0.29) is 10.8 Å². The molecule has 1 aliphatic heterocycles. The number of pyridine rings is 2. The van der Waals surface area contributed by atoms with Crippen molar-refractivity contribution in [1.29, 1.82) is 0 Å². The van der Waals surface area contributed by atoms with Gasteiger partial charge in [0.25, 0.3) is 11.1 Å².